The second-order valence-corrected chi connectivity index (χ2v) is 3.32. The summed E-state index contributed by atoms with van der Waals surface area (Å²) >= 11 is 0. The monoisotopic (exact) mass is 274 g/mol. The molecule has 0 aliphatic carbocycles. The van der Waals surface area contributed by atoms with Gasteiger partial charge in [0.1, 0.15) is 11.4 Å². The van der Waals surface area contributed by atoms with Crippen molar-refractivity contribution in [1.29, 1.82) is 0 Å². The first-order valence-electron chi connectivity index (χ1n) is 4.62. The standard InChI is InChI=1S/C9H8F6N2O/c10-8(11,12)1-2-18-6-3-7(9(13,14)15)17-4-5(6)16/h3-4H,1-2,16H2. The average Bonchev–Trinajstić information content (AvgIpc) is 2.17. The van der Waals surface area contributed by atoms with E-state index in [4.69, 9.17) is 5.73 Å². The number of nitrogens with zero attached hydrogens (tertiary/aromatic N) is 1. The number of halogens is 6. The molecule has 1 aromatic heterocycles. The van der Waals surface area contributed by atoms with Crippen LogP contribution in [0.2, 0.25) is 0 Å². The van der Waals surface area contributed by atoms with Gasteiger partial charge in [-0.3, -0.25) is 0 Å². The highest BCUT2D eigenvalue weighted by atomic mass is 19.4. The molecule has 102 valence electrons. The van der Waals surface area contributed by atoms with Crippen LogP contribution in [0.1, 0.15) is 12.1 Å². The highest BCUT2D eigenvalue weighted by Gasteiger charge is 2.33. The molecule has 0 radical (unpaired) electrons. The summed E-state index contributed by atoms with van der Waals surface area (Å²) in [4.78, 5) is 3.01. The zero-order chi connectivity index (χ0) is 14.0. The lowest BCUT2D eigenvalue weighted by Crippen LogP contribution is -2.14. The van der Waals surface area contributed by atoms with Crippen molar-refractivity contribution < 1.29 is 31.1 Å². The SMILES string of the molecule is Nc1cnc(C(F)(F)F)cc1OCCC(F)(F)F. The van der Waals surface area contributed by atoms with Gasteiger partial charge in [-0.1, -0.05) is 0 Å². The van der Waals surface area contributed by atoms with Crippen LogP contribution in [0.25, 0.3) is 0 Å². The lowest BCUT2D eigenvalue weighted by molar-refractivity contribution is -0.142. The summed E-state index contributed by atoms with van der Waals surface area (Å²) in [6.07, 6.45) is -9.76. The summed E-state index contributed by atoms with van der Waals surface area (Å²) < 4.78 is 76.9. The fourth-order valence-corrected chi connectivity index (χ4v) is 1.00. The Morgan fingerprint density at radius 3 is 2.28 bits per heavy atom. The van der Waals surface area contributed by atoms with E-state index in [2.05, 4.69) is 9.72 Å². The van der Waals surface area contributed by atoms with Gasteiger partial charge in [0.05, 0.1) is 24.9 Å². The summed E-state index contributed by atoms with van der Waals surface area (Å²) in [6.45, 7) is -0.811. The largest absolute Gasteiger partial charge is 0.491 e. The van der Waals surface area contributed by atoms with Crippen LogP contribution in [0.3, 0.4) is 0 Å². The Bertz CT molecular complexity index is 414. The second kappa shape index (κ2) is 4.91. The Hall–Kier alpha value is -1.67. The maximum absolute atomic E-state index is 12.3. The summed E-state index contributed by atoms with van der Waals surface area (Å²) in [5.41, 5.74) is 3.71. The third kappa shape index (κ3) is 4.30. The molecule has 18 heavy (non-hydrogen) atoms. The topological polar surface area (TPSA) is 48.1 Å². The molecule has 0 aliphatic rings. The van der Waals surface area contributed by atoms with Crippen LogP contribution in [0.15, 0.2) is 12.3 Å². The number of hydrogen-bond acceptors (Lipinski definition) is 3. The number of ether oxygens (including phenoxy) is 1. The number of nitrogens with two attached hydrogens (primary N) is 1. The summed E-state index contributed by atoms with van der Waals surface area (Å²) in [5, 5.41) is 0. The summed E-state index contributed by atoms with van der Waals surface area (Å²) in [7, 11) is 0. The third-order valence-electron chi connectivity index (χ3n) is 1.83. The number of aromatic nitrogens is 1. The molecule has 0 aromatic carbocycles. The van der Waals surface area contributed by atoms with E-state index in [1.165, 1.54) is 0 Å². The lowest BCUT2D eigenvalue weighted by atomic mass is 10.3. The van der Waals surface area contributed by atoms with Crippen LogP contribution in [-0.2, 0) is 6.18 Å². The molecule has 0 saturated heterocycles. The van der Waals surface area contributed by atoms with Crippen molar-refractivity contribution in [3.05, 3.63) is 18.0 Å². The van der Waals surface area contributed by atoms with Crippen molar-refractivity contribution >= 4 is 5.69 Å². The van der Waals surface area contributed by atoms with Crippen LogP contribution < -0.4 is 10.5 Å². The van der Waals surface area contributed by atoms with Crippen LogP contribution in [0, 0.1) is 0 Å². The molecule has 1 aromatic rings. The smallest absolute Gasteiger partial charge is 0.433 e. The molecular formula is C9H8F6N2O. The number of alkyl halides is 6. The minimum absolute atomic E-state index is 0.259. The number of pyridine rings is 1. The summed E-state index contributed by atoms with van der Waals surface area (Å²) in [5.74, 6) is -0.471. The van der Waals surface area contributed by atoms with E-state index in [1.54, 1.807) is 0 Å². The van der Waals surface area contributed by atoms with Crippen molar-refractivity contribution in [1.82, 2.24) is 4.98 Å². The highest BCUT2D eigenvalue weighted by molar-refractivity contribution is 5.51. The maximum atomic E-state index is 12.3. The molecule has 1 heterocycles. The molecule has 0 amide bonds. The van der Waals surface area contributed by atoms with Gasteiger partial charge in [-0.15, -0.1) is 0 Å². The Balaban J connectivity index is 2.76. The summed E-state index contributed by atoms with van der Waals surface area (Å²) in [6, 6.07) is 0.464. The van der Waals surface area contributed by atoms with Crippen LogP contribution in [0.5, 0.6) is 5.75 Å². The van der Waals surface area contributed by atoms with Gasteiger partial charge < -0.3 is 10.5 Å². The zero-order valence-electron chi connectivity index (χ0n) is 8.77. The molecule has 0 fully saturated rings. The van der Waals surface area contributed by atoms with E-state index in [9.17, 15) is 26.3 Å². The Kier molecular flexibility index (Phi) is 3.92. The van der Waals surface area contributed by atoms with E-state index in [1.807, 2.05) is 0 Å². The quantitative estimate of drug-likeness (QED) is 0.862. The molecule has 0 aliphatic heterocycles. The Morgan fingerprint density at radius 2 is 1.78 bits per heavy atom. The van der Waals surface area contributed by atoms with Gasteiger partial charge in [-0.05, 0) is 0 Å². The number of hydrogen-bond donors (Lipinski definition) is 1. The lowest BCUT2D eigenvalue weighted by Gasteiger charge is -2.12. The van der Waals surface area contributed by atoms with E-state index in [0.717, 1.165) is 0 Å². The van der Waals surface area contributed by atoms with Crippen molar-refractivity contribution in [2.75, 3.05) is 12.3 Å². The van der Waals surface area contributed by atoms with Gasteiger partial charge in [0.2, 0.25) is 0 Å². The molecule has 0 atom stereocenters. The molecule has 2 N–H and O–H groups in total. The first kappa shape index (κ1) is 14.4. The maximum Gasteiger partial charge on any atom is 0.433 e. The van der Waals surface area contributed by atoms with Crippen molar-refractivity contribution in [3.8, 4) is 5.75 Å². The van der Waals surface area contributed by atoms with E-state index in [-0.39, 0.29) is 5.69 Å². The first-order valence-corrected chi connectivity index (χ1v) is 4.62. The first-order chi connectivity index (χ1) is 8.09. The Morgan fingerprint density at radius 1 is 1.17 bits per heavy atom. The molecule has 3 nitrogen and oxygen atoms in total. The molecular weight excluding hydrogens is 266 g/mol. The minimum atomic E-state index is -4.71. The average molecular weight is 274 g/mol. The second-order valence-electron chi connectivity index (χ2n) is 3.32. The molecule has 9 heteroatoms. The molecule has 0 bridgehead atoms. The minimum Gasteiger partial charge on any atom is -0.491 e. The van der Waals surface area contributed by atoms with Gasteiger partial charge in [-0.25, -0.2) is 4.98 Å². The van der Waals surface area contributed by atoms with Crippen LogP contribution in [-0.4, -0.2) is 17.8 Å². The number of nitrogen functional groups attached to an aromatic ring is 1. The predicted molar refractivity (Wildman–Crippen MR) is 49.8 cm³/mol. The van der Waals surface area contributed by atoms with Crippen molar-refractivity contribution in [3.63, 3.8) is 0 Å². The molecule has 0 spiro atoms. The Labute approximate surface area is 97.6 Å². The van der Waals surface area contributed by atoms with E-state index >= 15 is 0 Å². The van der Waals surface area contributed by atoms with Gasteiger partial charge >= 0.3 is 12.4 Å². The highest BCUT2D eigenvalue weighted by Crippen LogP contribution is 2.32. The van der Waals surface area contributed by atoms with Gasteiger partial charge in [0, 0.05) is 6.07 Å². The molecule has 0 saturated carbocycles. The zero-order valence-corrected chi connectivity index (χ0v) is 8.77. The van der Waals surface area contributed by atoms with Crippen molar-refractivity contribution in [2.24, 2.45) is 0 Å². The molecule has 1 rings (SSSR count). The van der Waals surface area contributed by atoms with Crippen LogP contribution >= 0.6 is 0 Å². The predicted octanol–water partition coefficient (Wildman–Crippen LogP) is 3.01. The van der Waals surface area contributed by atoms with E-state index < -0.39 is 36.8 Å². The van der Waals surface area contributed by atoms with Crippen molar-refractivity contribution in [2.45, 2.75) is 18.8 Å². The third-order valence-corrected chi connectivity index (χ3v) is 1.83. The normalized spacial score (nSPS) is 12.6. The van der Waals surface area contributed by atoms with Crippen LogP contribution in [0.4, 0.5) is 32.0 Å². The van der Waals surface area contributed by atoms with Gasteiger partial charge in [-0.2, -0.15) is 26.3 Å². The van der Waals surface area contributed by atoms with E-state index in [0.29, 0.717) is 12.3 Å². The van der Waals surface area contributed by atoms with Gasteiger partial charge in [0.15, 0.2) is 0 Å². The fourth-order valence-electron chi connectivity index (χ4n) is 1.00. The number of anilines is 1. The molecule has 0 unspecified atom stereocenters. The fraction of sp³-hybridized carbons (Fsp3) is 0.444. The number of rotatable bonds is 3. The van der Waals surface area contributed by atoms with Gasteiger partial charge in [0.25, 0.3) is 0 Å².